The third-order valence-electron chi connectivity index (χ3n) is 3.55. The van der Waals surface area contributed by atoms with Gasteiger partial charge in [0.05, 0.1) is 11.6 Å². The molecule has 24 heavy (non-hydrogen) atoms. The summed E-state index contributed by atoms with van der Waals surface area (Å²) in [6.07, 6.45) is 0. The van der Waals surface area contributed by atoms with Crippen LogP contribution in [0.4, 0.5) is 0 Å². The molecule has 2 aromatic rings. The zero-order valence-corrected chi connectivity index (χ0v) is 14.9. The molecule has 128 valence electrons. The van der Waals surface area contributed by atoms with Gasteiger partial charge in [0, 0.05) is 31.9 Å². The number of hydrogen-bond donors (Lipinski definition) is 3. The molecule has 0 radical (unpaired) electrons. The minimum absolute atomic E-state index is 0.447. The van der Waals surface area contributed by atoms with Crippen molar-refractivity contribution in [1.29, 1.82) is 0 Å². The second-order valence-electron chi connectivity index (χ2n) is 5.18. The number of guanidine groups is 1. The third kappa shape index (κ3) is 4.43. The molecule has 1 aromatic carbocycles. The standard InChI is InChI=1S/C16H19Cl2N5O/c1-20-16(22-9-12-7-13(17)14(18)23(12)2)21-8-10-4-3-5-11(6-10)15(19)24/h3-7H,8-9H2,1-2H3,(H2,19,24)(H2,20,21,22). The highest BCUT2D eigenvalue weighted by Crippen LogP contribution is 2.24. The Morgan fingerprint density at radius 2 is 1.96 bits per heavy atom. The van der Waals surface area contributed by atoms with Crippen LogP contribution in [-0.2, 0) is 20.1 Å². The SMILES string of the molecule is CN=C(NCc1cccc(C(N)=O)c1)NCc1cc(Cl)c(Cl)n1C. The summed E-state index contributed by atoms with van der Waals surface area (Å²) >= 11 is 12.0. The van der Waals surface area contributed by atoms with Crippen molar-refractivity contribution in [2.24, 2.45) is 17.8 Å². The first-order chi connectivity index (χ1) is 11.4. The summed E-state index contributed by atoms with van der Waals surface area (Å²) < 4.78 is 1.81. The first kappa shape index (κ1) is 18.2. The maximum absolute atomic E-state index is 11.2. The van der Waals surface area contributed by atoms with Crippen LogP contribution in [0.1, 0.15) is 21.6 Å². The highest BCUT2D eigenvalue weighted by Gasteiger charge is 2.09. The van der Waals surface area contributed by atoms with Gasteiger partial charge < -0.3 is 20.9 Å². The number of nitrogens with one attached hydrogen (secondary N) is 2. The first-order valence-electron chi connectivity index (χ1n) is 7.25. The van der Waals surface area contributed by atoms with Crippen LogP contribution in [0, 0.1) is 0 Å². The van der Waals surface area contributed by atoms with E-state index >= 15 is 0 Å². The van der Waals surface area contributed by atoms with E-state index in [-0.39, 0.29) is 0 Å². The van der Waals surface area contributed by atoms with Gasteiger partial charge in [-0.05, 0) is 23.8 Å². The fourth-order valence-corrected chi connectivity index (χ4v) is 2.59. The Kier molecular flexibility index (Phi) is 6.11. The van der Waals surface area contributed by atoms with Crippen LogP contribution in [0.25, 0.3) is 0 Å². The Morgan fingerprint density at radius 1 is 1.25 bits per heavy atom. The molecule has 0 aliphatic carbocycles. The van der Waals surface area contributed by atoms with Crippen LogP contribution in [0.2, 0.25) is 10.2 Å². The molecule has 0 spiro atoms. The molecule has 0 atom stereocenters. The molecule has 1 aromatic heterocycles. The van der Waals surface area contributed by atoms with Crippen LogP contribution in [-0.4, -0.2) is 23.5 Å². The quantitative estimate of drug-likeness (QED) is 0.559. The molecule has 4 N–H and O–H groups in total. The molecule has 0 bridgehead atoms. The first-order valence-corrected chi connectivity index (χ1v) is 8.00. The van der Waals surface area contributed by atoms with Crippen molar-refractivity contribution >= 4 is 35.1 Å². The molecular formula is C16H19Cl2N5O. The topological polar surface area (TPSA) is 84.4 Å². The summed E-state index contributed by atoms with van der Waals surface area (Å²) in [4.78, 5) is 15.4. The summed E-state index contributed by atoms with van der Waals surface area (Å²) in [5.74, 6) is 0.171. The lowest BCUT2D eigenvalue weighted by molar-refractivity contribution is 0.1000. The number of aliphatic imine (C=N–C) groups is 1. The number of nitrogens with zero attached hydrogens (tertiary/aromatic N) is 2. The van der Waals surface area contributed by atoms with E-state index < -0.39 is 5.91 Å². The highest BCUT2D eigenvalue weighted by atomic mass is 35.5. The lowest BCUT2D eigenvalue weighted by Gasteiger charge is -2.13. The van der Waals surface area contributed by atoms with Crippen LogP contribution in [0.15, 0.2) is 35.3 Å². The Labute approximate surface area is 150 Å². The number of aromatic nitrogens is 1. The lowest BCUT2D eigenvalue weighted by atomic mass is 10.1. The van der Waals surface area contributed by atoms with Crippen molar-refractivity contribution in [2.75, 3.05) is 7.05 Å². The molecule has 0 saturated heterocycles. The molecule has 0 unspecified atom stereocenters. The Balaban J connectivity index is 1.94. The zero-order chi connectivity index (χ0) is 17.7. The molecule has 0 aliphatic heterocycles. The number of halogens is 2. The number of nitrogens with two attached hydrogens (primary N) is 1. The summed E-state index contributed by atoms with van der Waals surface area (Å²) in [6.45, 7) is 1.03. The molecule has 1 heterocycles. The predicted molar refractivity (Wildman–Crippen MR) is 97.4 cm³/mol. The van der Waals surface area contributed by atoms with E-state index in [1.165, 1.54) is 0 Å². The second-order valence-corrected chi connectivity index (χ2v) is 5.94. The van der Waals surface area contributed by atoms with Gasteiger partial charge >= 0.3 is 0 Å². The van der Waals surface area contributed by atoms with Crippen LogP contribution < -0.4 is 16.4 Å². The van der Waals surface area contributed by atoms with Gasteiger partial charge in [0.25, 0.3) is 0 Å². The monoisotopic (exact) mass is 367 g/mol. The van der Waals surface area contributed by atoms with Crippen LogP contribution in [0.3, 0.4) is 0 Å². The number of hydrogen-bond acceptors (Lipinski definition) is 2. The number of carbonyl (C=O) groups excluding carboxylic acids is 1. The Hall–Kier alpha value is -2.18. The number of carbonyl (C=O) groups is 1. The molecule has 0 aliphatic rings. The highest BCUT2D eigenvalue weighted by molar-refractivity contribution is 6.41. The summed E-state index contributed by atoms with van der Waals surface area (Å²) in [6, 6.07) is 8.94. The van der Waals surface area contributed by atoms with Crippen molar-refractivity contribution in [3.63, 3.8) is 0 Å². The fraction of sp³-hybridized carbons (Fsp3) is 0.250. The van der Waals surface area contributed by atoms with Crippen molar-refractivity contribution in [3.05, 3.63) is 57.3 Å². The van der Waals surface area contributed by atoms with E-state index in [2.05, 4.69) is 15.6 Å². The molecule has 1 amide bonds. The summed E-state index contributed by atoms with van der Waals surface area (Å²) in [5.41, 5.74) is 7.63. The number of amides is 1. The second kappa shape index (κ2) is 8.08. The average Bonchev–Trinajstić information content (AvgIpc) is 2.82. The van der Waals surface area contributed by atoms with Gasteiger partial charge in [0.15, 0.2) is 5.96 Å². The fourth-order valence-electron chi connectivity index (χ4n) is 2.17. The van der Waals surface area contributed by atoms with Crippen LogP contribution in [0.5, 0.6) is 0 Å². The van der Waals surface area contributed by atoms with E-state index in [9.17, 15) is 4.79 Å². The van der Waals surface area contributed by atoms with E-state index in [0.717, 1.165) is 11.3 Å². The van der Waals surface area contributed by atoms with Crippen molar-refractivity contribution in [1.82, 2.24) is 15.2 Å². The minimum Gasteiger partial charge on any atom is -0.366 e. The largest absolute Gasteiger partial charge is 0.366 e. The van der Waals surface area contributed by atoms with Gasteiger partial charge in [-0.3, -0.25) is 9.79 Å². The number of rotatable bonds is 5. The zero-order valence-electron chi connectivity index (χ0n) is 13.4. The molecule has 2 rings (SSSR count). The molecule has 6 nitrogen and oxygen atoms in total. The number of primary amides is 1. The van der Waals surface area contributed by atoms with Gasteiger partial charge in [-0.15, -0.1) is 0 Å². The Morgan fingerprint density at radius 3 is 2.54 bits per heavy atom. The van der Waals surface area contributed by atoms with Gasteiger partial charge in [-0.2, -0.15) is 0 Å². The third-order valence-corrected chi connectivity index (χ3v) is 4.39. The van der Waals surface area contributed by atoms with Gasteiger partial charge in [-0.25, -0.2) is 0 Å². The van der Waals surface area contributed by atoms with E-state index in [1.54, 1.807) is 35.9 Å². The minimum atomic E-state index is -0.447. The average molecular weight is 368 g/mol. The van der Waals surface area contributed by atoms with Gasteiger partial charge in [0.1, 0.15) is 5.15 Å². The Bertz CT molecular complexity index is 770. The maximum Gasteiger partial charge on any atom is 0.248 e. The molecule has 8 heteroatoms. The maximum atomic E-state index is 11.2. The molecule has 0 saturated carbocycles. The van der Waals surface area contributed by atoms with Crippen molar-refractivity contribution < 1.29 is 4.79 Å². The summed E-state index contributed by atoms with van der Waals surface area (Å²) in [7, 11) is 3.52. The molecular weight excluding hydrogens is 349 g/mol. The van der Waals surface area contributed by atoms with E-state index in [1.807, 2.05) is 13.1 Å². The smallest absolute Gasteiger partial charge is 0.248 e. The van der Waals surface area contributed by atoms with E-state index in [4.69, 9.17) is 28.9 Å². The molecule has 0 fully saturated rings. The van der Waals surface area contributed by atoms with Crippen molar-refractivity contribution in [3.8, 4) is 0 Å². The van der Waals surface area contributed by atoms with Crippen molar-refractivity contribution in [2.45, 2.75) is 13.1 Å². The van der Waals surface area contributed by atoms with Gasteiger partial charge in [0.2, 0.25) is 5.91 Å². The van der Waals surface area contributed by atoms with E-state index in [0.29, 0.717) is 34.8 Å². The lowest BCUT2D eigenvalue weighted by Crippen LogP contribution is -2.36. The predicted octanol–water partition coefficient (Wildman–Crippen LogP) is 2.30. The normalized spacial score (nSPS) is 11.4. The van der Waals surface area contributed by atoms with Gasteiger partial charge in [-0.1, -0.05) is 35.3 Å². The summed E-state index contributed by atoms with van der Waals surface area (Å²) in [5, 5.41) is 7.37. The number of benzene rings is 1. The van der Waals surface area contributed by atoms with Crippen LogP contribution >= 0.6 is 23.2 Å².